The fraction of sp³-hybridized carbons (Fsp3) is 0.227. The van der Waals surface area contributed by atoms with E-state index >= 15 is 0 Å². The second kappa shape index (κ2) is 7.40. The second-order valence-corrected chi connectivity index (χ2v) is 7.09. The minimum absolute atomic E-state index is 0.160. The minimum atomic E-state index is -0.634. The molecule has 2 aliphatic rings. The molecule has 146 valence electrons. The molecule has 0 radical (unpaired) electrons. The molecule has 3 amide bonds. The normalized spacial score (nSPS) is 19.0. The molecule has 0 spiro atoms. The van der Waals surface area contributed by atoms with E-state index in [9.17, 15) is 14.0 Å². The van der Waals surface area contributed by atoms with Gasteiger partial charge in [0.15, 0.2) is 0 Å². The van der Waals surface area contributed by atoms with Crippen LogP contribution < -0.4 is 10.2 Å². The van der Waals surface area contributed by atoms with Crippen LogP contribution in [0, 0.1) is 11.3 Å². The average molecular weight is 390 g/mol. The Balaban J connectivity index is 1.85. The van der Waals surface area contributed by atoms with Gasteiger partial charge in [0, 0.05) is 25.7 Å². The van der Waals surface area contributed by atoms with Gasteiger partial charge < -0.3 is 10.2 Å². The second-order valence-electron chi connectivity index (χ2n) is 7.09. The van der Waals surface area contributed by atoms with Crippen LogP contribution in [0.4, 0.5) is 14.9 Å². The van der Waals surface area contributed by atoms with Gasteiger partial charge in [0.1, 0.15) is 6.67 Å². The molecule has 1 unspecified atom stereocenters. The predicted molar refractivity (Wildman–Crippen MR) is 105 cm³/mol. The van der Waals surface area contributed by atoms with Crippen molar-refractivity contribution in [3.05, 3.63) is 76.5 Å². The fourth-order valence-corrected chi connectivity index (χ4v) is 3.80. The van der Waals surface area contributed by atoms with Gasteiger partial charge in [-0.15, -0.1) is 0 Å². The number of benzene rings is 2. The zero-order valence-electron chi connectivity index (χ0n) is 15.9. The highest BCUT2D eigenvalue weighted by molar-refractivity contribution is 6.05. The summed E-state index contributed by atoms with van der Waals surface area (Å²) in [6.07, 6.45) is 0.512. The number of likely N-dealkylation sites (N-methyl/N-ethyl adjacent to an activating group) is 1. The first kappa shape index (κ1) is 18.7. The Kier molecular flexibility index (Phi) is 4.77. The first-order chi connectivity index (χ1) is 14.0. The van der Waals surface area contributed by atoms with Crippen LogP contribution in [0.25, 0.3) is 0 Å². The summed E-state index contributed by atoms with van der Waals surface area (Å²) in [4.78, 5) is 29.2. The van der Waals surface area contributed by atoms with E-state index in [2.05, 4.69) is 11.4 Å². The third-order valence-corrected chi connectivity index (χ3v) is 5.30. The molecule has 0 fully saturated rings. The third kappa shape index (κ3) is 3.23. The summed E-state index contributed by atoms with van der Waals surface area (Å²) >= 11 is 0. The van der Waals surface area contributed by atoms with Crippen molar-refractivity contribution >= 4 is 17.6 Å². The van der Waals surface area contributed by atoms with Crippen LogP contribution in [0.2, 0.25) is 0 Å². The molecule has 2 aliphatic heterocycles. The van der Waals surface area contributed by atoms with Gasteiger partial charge >= 0.3 is 6.03 Å². The third-order valence-electron chi connectivity index (χ3n) is 5.30. The quantitative estimate of drug-likeness (QED) is 0.873. The van der Waals surface area contributed by atoms with Crippen LogP contribution >= 0.6 is 0 Å². The van der Waals surface area contributed by atoms with Gasteiger partial charge in [-0.1, -0.05) is 24.3 Å². The van der Waals surface area contributed by atoms with E-state index in [4.69, 9.17) is 5.26 Å². The Morgan fingerprint density at radius 2 is 1.97 bits per heavy atom. The predicted octanol–water partition coefficient (Wildman–Crippen LogP) is 3.41. The molecule has 1 atom stereocenters. The highest BCUT2D eigenvalue weighted by Crippen LogP contribution is 2.38. The fourth-order valence-electron chi connectivity index (χ4n) is 3.80. The average Bonchev–Trinajstić information content (AvgIpc) is 2.75. The molecule has 29 heavy (non-hydrogen) atoms. The van der Waals surface area contributed by atoms with Crippen molar-refractivity contribution < 1.29 is 14.0 Å². The van der Waals surface area contributed by atoms with E-state index in [1.807, 2.05) is 0 Å². The lowest BCUT2D eigenvalue weighted by molar-refractivity contribution is -0.127. The number of carbonyl (C=O) groups is 2. The van der Waals surface area contributed by atoms with Crippen molar-refractivity contribution in [3.63, 3.8) is 0 Å². The maximum Gasteiger partial charge on any atom is 0.327 e. The summed E-state index contributed by atoms with van der Waals surface area (Å²) in [5, 5.41) is 11.9. The molecule has 4 rings (SSSR count). The largest absolute Gasteiger partial charge is 0.341 e. The SMILES string of the molecule is CN1CCC2=C(C1=O)C(c1ccc(C#N)cc1)NC(=O)N2c1cccc(CF)c1. The van der Waals surface area contributed by atoms with E-state index in [1.54, 1.807) is 60.5 Å². The molecule has 0 aromatic heterocycles. The first-order valence-electron chi connectivity index (χ1n) is 9.27. The van der Waals surface area contributed by atoms with Crippen LogP contribution in [-0.2, 0) is 11.5 Å². The summed E-state index contributed by atoms with van der Waals surface area (Å²) in [6.45, 7) is -0.144. The van der Waals surface area contributed by atoms with Gasteiger partial charge in [-0.2, -0.15) is 5.26 Å². The number of carbonyl (C=O) groups excluding carboxylic acids is 2. The van der Waals surface area contributed by atoms with E-state index in [-0.39, 0.29) is 11.9 Å². The number of nitrogens with one attached hydrogen (secondary N) is 1. The highest BCUT2D eigenvalue weighted by Gasteiger charge is 2.41. The molecular weight excluding hydrogens is 371 g/mol. The van der Waals surface area contributed by atoms with Gasteiger partial charge in [-0.25, -0.2) is 9.18 Å². The Labute approximate surface area is 167 Å². The van der Waals surface area contributed by atoms with E-state index in [1.165, 1.54) is 4.90 Å². The lowest BCUT2D eigenvalue weighted by atomic mass is 9.89. The van der Waals surface area contributed by atoms with Gasteiger partial charge in [-0.3, -0.25) is 9.69 Å². The Morgan fingerprint density at radius 3 is 2.66 bits per heavy atom. The molecular formula is C22H19FN4O2. The van der Waals surface area contributed by atoms with Crippen LogP contribution in [0.3, 0.4) is 0 Å². The zero-order chi connectivity index (χ0) is 20.5. The number of rotatable bonds is 3. The highest BCUT2D eigenvalue weighted by atomic mass is 19.1. The van der Waals surface area contributed by atoms with E-state index in [0.29, 0.717) is 41.1 Å². The van der Waals surface area contributed by atoms with Gasteiger partial charge in [0.2, 0.25) is 0 Å². The molecule has 0 bridgehead atoms. The number of anilines is 1. The molecule has 2 aromatic rings. The van der Waals surface area contributed by atoms with Crippen molar-refractivity contribution in [1.29, 1.82) is 5.26 Å². The molecule has 6 nitrogen and oxygen atoms in total. The summed E-state index contributed by atoms with van der Waals surface area (Å²) in [5.41, 5.74) is 3.34. The smallest absolute Gasteiger partial charge is 0.327 e. The van der Waals surface area contributed by atoms with Crippen molar-refractivity contribution in [2.75, 3.05) is 18.5 Å². The maximum atomic E-state index is 13.1. The lowest BCUT2D eigenvalue weighted by Gasteiger charge is -2.41. The van der Waals surface area contributed by atoms with E-state index in [0.717, 1.165) is 5.56 Å². The molecule has 1 N–H and O–H groups in total. The van der Waals surface area contributed by atoms with Crippen molar-refractivity contribution in [1.82, 2.24) is 10.2 Å². The van der Waals surface area contributed by atoms with Crippen LogP contribution in [-0.4, -0.2) is 30.4 Å². The molecule has 2 heterocycles. The lowest BCUT2D eigenvalue weighted by Crippen LogP contribution is -2.52. The van der Waals surface area contributed by atoms with Gasteiger partial charge in [0.25, 0.3) is 5.91 Å². The number of amides is 3. The molecule has 0 saturated heterocycles. The number of hydrogen-bond donors (Lipinski definition) is 1. The monoisotopic (exact) mass is 390 g/mol. The van der Waals surface area contributed by atoms with Gasteiger partial charge in [0.05, 0.1) is 28.9 Å². The molecule has 0 saturated carbocycles. The maximum absolute atomic E-state index is 13.1. The molecule has 7 heteroatoms. The summed E-state index contributed by atoms with van der Waals surface area (Å²) in [6, 6.07) is 14.6. The van der Waals surface area contributed by atoms with Crippen LogP contribution in [0.15, 0.2) is 59.8 Å². The number of halogens is 1. The Bertz CT molecular complexity index is 1060. The van der Waals surface area contributed by atoms with E-state index < -0.39 is 12.7 Å². The number of hydrogen-bond acceptors (Lipinski definition) is 3. The Hall–Kier alpha value is -3.66. The topological polar surface area (TPSA) is 76.4 Å². The zero-order valence-corrected chi connectivity index (χ0v) is 15.9. The minimum Gasteiger partial charge on any atom is -0.341 e. The molecule has 0 aliphatic carbocycles. The van der Waals surface area contributed by atoms with Crippen LogP contribution in [0.5, 0.6) is 0 Å². The van der Waals surface area contributed by atoms with Crippen molar-refractivity contribution in [3.8, 4) is 6.07 Å². The summed E-state index contributed by atoms with van der Waals surface area (Å²) in [5.74, 6) is -0.160. The Morgan fingerprint density at radius 1 is 1.21 bits per heavy atom. The molecule has 2 aromatic carbocycles. The number of alkyl halides is 1. The van der Waals surface area contributed by atoms with Crippen molar-refractivity contribution in [2.24, 2.45) is 0 Å². The number of nitriles is 1. The standard InChI is InChI=1S/C22H19FN4O2/c1-26-10-9-18-19(21(26)28)20(16-7-5-14(13-24)6-8-16)25-22(29)27(18)17-4-2-3-15(11-17)12-23/h2-8,11,20H,9-10,12H2,1H3,(H,25,29). The summed E-state index contributed by atoms with van der Waals surface area (Å²) < 4.78 is 13.1. The summed E-state index contributed by atoms with van der Waals surface area (Å²) in [7, 11) is 1.73. The van der Waals surface area contributed by atoms with Crippen molar-refractivity contribution in [2.45, 2.75) is 19.1 Å². The number of urea groups is 1. The van der Waals surface area contributed by atoms with Crippen LogP contribution in [0.1, 0.15) is 29.2 Å². The van der Waals surface area contributed by atoms with Gasteiger partial charge in [-0.05, 0) is 35.4 Å². The number of nitrogens with zero attached hydrogens (tertiary/aromatic N) is 3. The first-order valence-corrected chi connectivity index (χ1v) is 9.27.